The van der Waals surface area contributed by atoms with E-state index >= 15 is 0 Å². The fraction of sp³-hybridized carbons (Fsp3) is 0.235. The Hall–Kier alpha value is -1.81. The van der Waals surface area contributed by atoms with E-state index in [-0.39, 0.29) is 10.6 Å². The third-order valence-electron chi connectivity index (χ3n) is 3.79. The van der Waals surface area contributed by atoms with Gasteiger partial charge in [-0.3, -0.25) is 4.57 Å². The molecule has 0 aliphatic carbocycles. The van der Waals surface area contributed by atoms with Crippen molar-refractivity contribution in [3.63, 3.8) is 0 Å². The molecule has 1 atom stereocenters. The fourth-order valence-corrected chi connectivity index (χ4v) is 3.01. The molecule has 1 heterocycles. The summed E-state index contributed by atoms with van der Waals surface area (Å²) in [5.74, 6) is -0.333. The van der Waals surface area contributed by atoms with E-state index in [0.717, 1.165) is 17.5 Å². The molecule has 0 aliphatic heterocycles. The molecule has 0 spiro atoms. The van der Waals surface area contributed by atoms with Gasteiger partial charge in [0.2, 0.25) is 0 Å². The van der Waals surface area contributed by atoms with Gasteiger partial charge in [-0.05, 0) is 35.2 Å². The van der Waals surface area contributed by atoms with Gasteiger partial charge in [-0.25, -0.2) is 4.79 Å². The molecular formula is C17H16BrNO2. The summed E-state index contributed by atoms with van der Waals surface area (Å²) < 4.78 is 6.76. The lowest BCUT2D eigenvalue weighted by Gasteiger charge is -2.11. The summed E-state index contributed by atoms with van der Waals surface area (Å²) in [6, 6.07) is 14.4. The molecule has 3 aromatic rings. The Labute approximate surface area is 131 Å². The smallest absolute Gasteiger partial charge is 0.408 e. The van der Waals surface area contributed by atoms with Crippen LogP contribution in [-0.2, 0) is 13.5 Å². The van der Waals surface area contributed by atoms with Gasteiger partial charge in [0, 0.05) is 7.05 Å². The molecule has 0 saturated carbocycles. The number of benzene rings is 2. The monoisotopic (exact) mass is 345 g/mol. The summed E-state index contributed by atoms with van der Waals surface area (Å²) in [6.45, 7) is 2.14. The third kappa shape index (κ3) is 2.56. The van der Waals surface area contributed by atoms with Crippen LogP contribution in [0.4, 0.5) is 0 Å². The molecule has 0 saturated heterocycles. The Morgan fingerprint density at radius 2 is 1.81 bits per heavy atom. The summed E-state index contributed by atoms with van der Waals surface area (Å²) >= 11 is 3.73. The Kier molecular flexibility index (Phi) is 3.72. The van der Waals surface area contributed by atoms with Gasteiger partial charge < -0.3 is 4.42 Å². The van der Waals surface area contributed by atoms with Crippen molar-refractivity contribution < 1.29 is 4.42 Å². The second kappa shape index (κ2) is 5.53. The highest BCUT2D eigenvalue weighted by atomic mass is 79.9. The van der Waals surface area contributed by atoms with Crippen molar-refractivity contribution in [1.82, 2.24) is 4.57 Å². The SMILES string of the molecule is CCc1ccc(C(Br)c2ccc3c(c2)oc(=O)n3C)cc1. The van der Waals surface area contributed by atoms with Crippen LogP contribution >= 0.6 is 15.9 Å². The number of nitrogens with zero attached hydrogens (tertiary/aromatic N) is 1. The van der Waals surface area contributed by atoms with E-state index in [1.807, 2.05) is 18.2 Å². The van der Waals surface area contributed by atoms with Crippen LogP contribution < -0.4 is 5.76 Å². The van der Waals surface area contributed by atoms with Gasteiger partial charge >= 0.3 is 5.76 Å². The first-order valence-corrected chi connectivity index (χ1v) is 7.84. The topological polar surface area (TPSA) is 35.1 Å². The molecule has 108 valence electrons. The minimum absolute atomic E-state index is 0.0818. The molecule has 0 fully saturated rings. The normalized spacial score (nSPS) is 12.7. The maximum absolute atomic E-state index is 11.5. The highest BCUT2D eigenvalue weighted by molar-refractivity contribution is 9.09. The predicted molar refractivity (Wildman–Crippen MR) is 88.0 cm³/mol. The van der Waals surface area contributed by atoms with Crippen molar-refractivity contribution in [2.75, 3.05) is 0 Å². The summed E-state index contributed by atoms with van der Waals surface area (Å²) in [7, 11) is 1.71. The molecule has 1 unspecified atom stereocenters. The van der Waals surface area contributed by atoms with Crippen LogP contribution in [0.25, 0.3) is 11.1 Å². The van der Waals surface area contributed by atoms with E-state index in [9.17, 15) is 4.79 Å². The highest BCUT2D eigenvalue weighted by Crippen LogP contribution is 2.32. The first-order valence-electron chi connectivity index (χ1n) is 6.92. The van der Waals surface area contributed by atoms with Crippen molar-refractivity contribution in [1.29, 1.82) is 0 Å². The van der Waals surface area contributed by atoms with E-state index in [2.05, 4.69) is 47.1 Å². The first kappa shape index (κ1) is 14.1. The molecule has 2 aromatic carbocycles. The molecule has 0 amide bonds. The molecule has 0 radical (unpaired) electrons. The third-order valence-corrected chi connectivity index (χ3v) is 4.85. The second-order valence-electron chi connectivity index (χ2n) is 5.11. The van der Waals surface area contributed by atoms with E-state index in [1.54, 1.807) is 7.05 Å². The molecule has 21 heavy (non-hydrogen) atoms. The zero-order chi connectivity index (χ0) is 15.0. The summed E-state index contributed by atoms with van der Waals surface area (Å²) in [5.41, 5.74) is 5.01. The number of rotatable bonds is 3. The van der Waals surface area contributed by atoms with Crippen molar-refractivity contribution >= 4 is 27.0 Å². The Morgan fingerprint density at radius 1 is 1.14 bits per heavy atom. The quantitative estimate of drug-likeness (QED) is 0.667. The molecular weight excluding hydrogens is 330 g/mol. The molecule has 0 N–H and O–H groups in total. The molecule has 1 aromatic heterocycles. The van der Waals surface area contributed by atoms with Gasteiger partial charge in [0.1, 0.15) is 0 Å². The summed E-state index contributed by atoms with van der Waals surface area (Å²) in [5, 5.41) is 0. The lowest BCUT2D eigenvalue weighted by molar-refractivity contribution is 0.528. The number of aromatic nitrogens is 1. The average molecular weight is 346 g/mol. The number of hydrogen-bond acceptors (Lipinski definition) is 2. The van der Waals surface area contributed by atoms with E-state index in [0.29, 0.717) is 5.58 Å². The first-order chi connectivity index (χ1) is 10.1. The molecule has 4 heteroatoms. The van der Waals surface area contributed by atoms with Crippen LogP contribution in [0.5, 0.6) is 0 Å². The van der Waals surface area contributed by atoms with Crippen molar-refractivity contribution in [2.24, 2.45) is 7.05 Å². The van der Waals surface area contributed by atoms with Crippen LogP contribution in [0.2, 0.25) is 0 Å². The largest absolute Gasteiger partial charge is 0.419 e. The predicted octanol–water partition coefficient (Wildman–Crippen LogP) is 4.18. The number of fused-ring (bicyclic) bond motifs is 1. The zero-order valence-corrected chi connectivity index (χ0v) is 13.6. The summed E-state index contributed by atoms with van der Waals surface area (Å²) in [4.78, 5) is 11.6. The summed E-state index contributed by atoms with van der Waals surface area (Å²) in [6.07, 6.45) is 1.04. The Bertz CT molecular complexity index is 830. The average Bonchev–Trinajstić information content (AvgIpc) is 2.81. The van der Waals surface area contributed by atoms with E-state index < -0.39 is 0 Å². The van der Waals surface area contributed by atoms with Crippen LogP contribution in [-0.4, -0.2) is 4.57 Å². The van der Waals surface area contributed by atoms with Crippen LogP contribution in [0.1, 0.15) is 28.4 Å². The maximum Gasteiger partial charge on any atom is 0.419 e. The Morgan fingerprint density at radius 3 is 2.48 bits per heavy atom. The van der Waals surface area contributed by atoms with Gasteiger partial charge in [0.05, 0.1) is 10.3 Å². The minimum atomic E-state index is -0.333. The molecule has 3 nitrogen and oxygen atoms in total. The fourth-order valence-electron chi connectivity index (χ4n) is 2.42. The van der Waals surface area contributed by atoms with E-state index in [4.69, 9.17) is 4.42 Å². The minimum Gasteiger partial charge on any atom is -0.408 e. The Balaban J connectivity index is 2.00. The highest BCUT2D eigenvalue weighted by Gasteiger charge is 2.13. The number of alkyl halides is 1. The van der Waals surface area contributed by atoms with Crippen molar-refractivity contribution in [3.05, 3.63) is 69.7 Å². The molecule has 3 rings (SSSR count). The zero-order valence-electron chi connectivity index (χ0n) is 12.0. The van der Waals surface area contributed by atoms with Gasteiger partial charge in [-0.2, -0.15) is 0 Å². The van der Waals surface area contributed by atoms with Gasteiger partial charge in [0.15, 0.2) is 5.58 Å². The lowest BCUT2D eigenvalue weighted by atomic mass is 10.0. The van der Waals surface area contributed by atoms with Gasteiger partial charge in [0.25, 0.3) is 0 Å². The lowest BCUT2D eigenvalue weighted by Crippen LogP contribution is -2.08. The number of oxazole rings is 1. The van der Waals surface area contributed by atoms with Crippen LogP contribution in [0.3, 0.4) is 0 Å². The second-order valence-corrected chi connectivity index (χ2v) is 6.03. The molecule has 0 bridgehead atoms. The van der Waals surface area contributed by atoms with Gasteiger partial charge in [-0.15, -0.1) is 0 Å². The number of hydrogen-bond donors (Lipinski definition) is 0. The van der Waals surface area contributed by atoms with Crippen LogP contribution in [0.15, 0.2) is 51.7 Å². The standard InChI is InChI=1S/C17H16BrNO2/c1-3-11-4-6-12(7-5-11)16(18)13-8-9-14-15(10-13)21-17(20)19(14)2/h4-10,16H,3H2,1-2H3. The number of halogens is 1. The van der Waals surface area contributed by atoms with Crippen molar-refractivity contribution in [3.8, 4) is 0 Å². The van der Waals surface area contributed by atoms with E-state index in [1.165, 1.54) is 15.7 Å². The van der Waals surface area contributed by atoms with Crippen molar-refractivity contribution in [2.45, 2.75) is 18.2 Å². The van der Waals surface area contributed by atoms with Gasteiger partial charge in [-0.1, -0.05) is 53.2 Å². The molecule has 0 aliphatic rings. The number of aryl methyl sites for hydroxylation is 2. The maximum atomic E-state index is 11.5. The van der Waals surface area contributed by atoms with Crippen LogP contribution in [0, 0.1) is 0 Å².